The van der Waals surface area contributed by atoms with E-state index in [0.29, 0.717) is 5.69 Å². The van der Waals surface area contributed by atoms with Crippen LogP contribution in [-0.4, -0.2) is 51.3 Å². The highest BCUT2D eigenvalue weighted by Crippen LogP contribution is 2.38. The minimum absolute atomic E-state index is 0.0219. The van der Waals surface area contributed by atoms with E-state index in [1.54, 1.807) is 6.07 Å². The Bertz CT molecular complexity index is 1330. The fourth-order valence-electron chi connectivity index (χ4n) is 4.48. The monoisotopic (exact) mass is 464 g/mol. The second kappa shape index (κ2) is 8.45. The molecule has 0 saturated carbocycles. The van der Waals surface area contributed by atoms with Gasteiger partial charge in [0, 0.05) is 12.1 Å². The number of anilines is 4. The molecule has 0 radical (unpaired) electrons. The number of nitrogens with zero attached hydrogens (tertiary/aromatic N) is 2. The first kappa shape index (κ1) is 21.9. The molecule has 2 aromatic carbocycles. The average molecular weight is 464 g/mol. The van der Waals surface area contributed by atoms with Crippen LogP contribution in [0, 0.1) is 0 Å². The number of fused-ring (bicyclic) bond motifs is 3. The van der Waals surface area contributed by atoms with Gasteiger partial charge in [-0.15, -0.1) is 0 Å². The molecule has 0 spiro atoms. The molecule has 3 aromatic rings. The largest absolute Gasteiger partial charge is 0.394 e. The van der Waals surface area contributed by atoms with Gasteiger partial charge in [0.15, 0.2) is 5.82 Å². The lowest BCUT2D eigenvalue weighted by Crippen LogP contribution is -2.45. The van der Waals surface area contributed by atoms with Gasteiger partial charge in [-0.25, -0.2) is 9.69 Å². The molecule has 1 fully saturated rings. The number of aromatic nitrogens is 2. The van der Waals surface area contributed by atoms with Crippen LogP contribution in [0.25, 0.3) is 11.1 Å². The lowest BCUT2D eigenvalue weighted by molar-refractivity contribution is -0.0202. The zero-order valence-electron chi connectivity index (χ0n) is 18.1. The smallest absolute Gasteiger partial charge is 0.329 e. The molecule has 11 heteroatoms. The van der Waals surface area contributed by atoms with Crippen LogP contribution in [0.3, 0.4) is 0 Å². The van der Waals surface area contributed by atoms with Crippen molar-refractivity contribution in [1.82, 2.24) is 9.97 Å². The second-order valence-corrected chi connectivity index (χ2v) is 8.31. The molecule has 5 rings (SSSR count). The third-order valence-electron chi connectivity index (χ3n) is 6.12. The summed E-state index contributed by atoms with van der Waals surface area (Å²) in [4.78, 5) is 33.0. The van der Waals surface area contributed by atoms with Gasteiger partial charge in [0.05, 0.1) is 12.7 Å². The van der Waals surface area contributed by atoms with Crippen LogP contribution < -0.4 is 27.2 Å². The third kappa shape index (κ3) is 3.75. The zero-order chi connectivity index (χ0) is 24.0. The van der Waals surface area contributed by atoms with E-state index in [4.69, 9.17) is 16.2 Å². The number of aromatic amines is 1. The lowest BCUT2D eigenvalue weighted by Gasteiger charge is -2.28. The number of hydrogen-bond donors (Lipinski definition) is 6. The number of aliphatic hydroxyl groups excluding tert-OH is 2. The predicted molar refractivity (Wildman–Crippen MR) is 126 cm³/mol. The van der Waals surface area contributed by atoms with E-state index in [-0.39, 0.29) is 23.9 Å². The van der Waals surface area contributed by atoms with Gasteiger partial charge < -0.3 is 31.7 Å². The number of nitrogens with two attached hydrogens (primary N) is 2. The Balaban J connectivity index is 1.47. The summed E-state index contributed by atoms with van der Waals surface area (Å²) in [5, 5.41) is 22.5. The highest BCUT2D eigenvalue weighted by Gasteiger charge is 2.41. The highest BCUT2D eigenvalue weighted by atomic mass is 16.5. The van der Waals surface area contributed by atoms with Gasteiger partial charge in [0.25, 0.3) is 5.56 Å². The number of nitrogens with one attached hydrogen (secondary N) is 2. The summed E-state index contributed by atoms with van der Waals surface area (Å²) in [6.45, 7) is -0.446. The molecule has 1 aromatic heterocycles. The Labute approximate surface area is 194 Å². The van der Waals surface area contributed by atoms with Crippen molar-refractivity contribution < 1.29 is 19.7 Å². The zero-order valence-corrected chi connectivity index (χ0v) is 18.1. The summed E-state index contributed by atoms with van der Waals surface area (Å²) in [6, 6.07) is 13.0. The molecule has 1 saturated heterocycles. The quantitative estimate of drug-likeness (QED) is 0.259. The van der Waals surface area contributed by atoms with Crippen molar-refractivity contribution in [3.63, 3.8) is 0 Å². The molecule has 0 bridgehead atoms. The van der Waals surface area contributed by atoms with Gasteiger partial charge in [-0.05, 0) is 40.8 Å². The van der Waals surface area contributed by atoms with E-state index in [2.05, 4.69) is 27.4 Å². The molecule has 1 aliphatic carbocycles. The first-order chi connectivity index (χ1) is 16.4. The standard InChI is InChI=1S/C23H24N6O5/c24-19-20(27-22(25)28-21(19)32)29(18-9-16(31)17(10-30)34-18)23(33)26-13-5-6-15-12(8-13)7-11-3-1-2-4-14(11)15/h1-6,8,16-18,30-31H,7,9-10,24H2,(H,26,33)(H3,25,27,28,32)/t16-,17+,18+/m0/s1. The van der Waals surface area contributed by atoms with E-state index in [9.17, 15) is 19.8 Å². The summed E-state index contributed by atoms with van der Waals surface area (Å²) >= 11 is 0. The maximum atomic E-state index is 13.4. The number of H-pyrrole nitrogens is 1. The Morgan fingerprint density at radius 1 is 1.21 bits per heavy atom. The summed E-state index contributed by atoms with van der Waals surface area (Å²) in [5.41, 5.74) is 15.6. The number of hydrogen-bond acceptors (Lipinski definition) is 8. The van der Waals surface area contributed by atoms with E-state index < -0.39 is 36.6 Å². The first-order valence-electron chi connectivity index (χ1n) is 10.8. The maximum absolute atomic E-state index is 13.4. The Morgan fingerprint density at radius 2 is 1.97 bits per heavy atom. The van der Waals surface area contributed by atoms with Crippen molar-refractivity contribution in [3.8, 4) is 11.1 Å². The number of carbonyl (C=O) groups excluding carboxylic acids is 1. The minimum atomic E-state index is -1.04. The first-order valence-corrected chi connectivity index (χ1v) is 10.8. The number of amides is 2. The van der Waals surface area contributed by atoms with Gasteiger partial charge in [0.2, 0.25) is 5.95 Å². The van der Waals surface area contributed by atoms with Crippen molar-refractivity contribution in [3.05, 3.63) is 63.9 Å². The van der Waals surface area contributed by atoms with Crippen LogP contribution >= 0.6 is 0 Å². The van der Waals surface area contributed by atoms with Crippen LogP contribution in [0.1, 0.15) is 17.5 Å². The van der Waals surface area contributed by atoms with Gasteiger partial charge >= 0.3 is 6.03 Å². The molecule has 34 heavy (non-hydrogen) atoms. The number of rotatable bonds is 4. The lowest BCUT2D eigenvalue weighted by atomic mass is 10.1. The highest BCUT2D eigenvalue weighted by molar-refractivity contribution is 6.03. The van der Waals surface area contributed by atoms with E-state index in [1.807, 2.05) is 24.3 Å². The molecule has 2 aliphatic rings. The predicted octanol–water partition coefficient (Wildman–Crippen LogP) is 1.01. The fraction of sp³-hybridized carbons (Fsp3) is 0.261. The Hall–Kier alpha value is -3.93. The number of ether oxygens (including phenoxy) is 1. The van der Waals surface area contributed by atoms with Crippen molar-refractivity contribution in [2.24, 2.45) is 0 Å². The van der Waals surface area contributed by atoms with Crippen LogP contribution in [0.2, 0.25) is 0 Å². The normalized spacial score (nSPS) is 20.6. The molecule has 0 unspecified atom stereocenters. The molecule has 11 nitrogen and oxygen atoms in total. The van der Waals surface area contributed by atoms with Crippen molar-refractivity contribution in [2.45, 2.75) is 31.3 Å². The van der Waals surface area contributed by atoms with Crippen LogP contribution in [0.4, 0.5) is 27.9 Å². The summed E-state index contributed by atoms with van der Waals surface area (Å²) < 4.78 is 5.67. The van der Waals surface area contributed by atoms with Gasteiger partial charge in [-0.1, -0.05) is 30.3 Å². The van der Waals surface area contributed by atoms with Crippen molar-refractivity contribution in [1.29, 1.82) is 0 Å². The van der Waals surface area contributed by atoms with Crippen molar-refractivity contribution >= 4 is 29.2 Å². The van der Waals surface area contributed by atoms with E-state index in [0.717, 1.165) is 28.0 Å². The number of carbonyl (C=O) groups is 1. The summed E-state index contributed by atoms with van der Waals surface area (Å²) in [6.07, 6.45) is -2.24. The number of nitrogen functional groups attached to an aromatic ring is 2. The number of benzene rings is 2. The second-order valence-electron chi connectivity index (χ2n) is 8.31. The summed E-state index contributed by atoms with van der Waals surface area (Å²) in [5.74, 6) is -0.442. The summed E-state index contributed by atoms with van der Waals surface area (Å²) in [7, 11) is 0. The molecule has 3 atom stereocenters. The van der Waals surface area contributed by atoms with Crippen LogP contribution in [0.5, 0.6) is 0 Å². The average Bonchev–Trinajstić information content (AvgIpc) is 3.36. The maximum Gasteiger partial charge on any atom is 0.329 e. The van der Waals surface area contributed by atoms with E-state index >= 15 is 0 Å². The molecule has 2 heterocycles. The third-order valence-corrected chi connectivity index (χ3v) is 6.12. The minimum Gasteiger partial charge on any atom is -0.394 e. The van der Waals surface area contributed by atoms with Crippen molar-refractivity contribution in [2.75, 3.05) is 28.3 Å². The molecule has 8 N–H and O–H groups in total. The van der Waals surface area contributed by atoms with Gasteiger partial charge in [0.1, 0.15) is 18.0 Å². The Kier molecular flexibility index (Phi) is 5.44. The molecule has 176 valence electrons. The Morgan fingerprint density at radius 3 is 2.74 bits per heavy atom. The van der Waals surface area contributed by atoms with E-state index in [1.165, 1.54) is 5.56 Å². The van der Waals surface area contributed by atoms with Gasteiger partial charge in [-0.3, -0.25) is 9.78 Å². The number of aliphatic hydroxyl groups is 2. The van der Waals surface area contributed by atoms with Crippen LogP contribution in [0.15, 0.2) is 47.3 Å². The molecular weight excluding hydrogens is 440 g/mol. The molecular formula is C23H24N6O5. The van der Waals surface area contributed by atoms with Crippen LogP contribution in [-0.2, 0) is 11.2 Å². The SMILES string of the molecule is Nc1nc(N(C(=O)Nc2ccc3c(c2)Cc2ccccc2-3)[C@H]2C[C@H](O)[C@@H](CO)O2)c(N)c(=O)[nH]1. The number of urea groups is 1. The molecule has 1 aliphatic heterocycles. The topological polar surface area (TPSA) is 180 Å². The fourth-order valence-corrected chi connectivity index (χ4v) is 4.48. The molecule has 2 amide bonds. The van der Waals surface area contributed by atoms with Gasteiger partial charge in [-0.2, -0.15) is 4.98 Å².